The van der Waals surface area contributed by atoms with E-state index in [9.17, 15) is 5.11 Å². The van der Waals surface area contributed by atoms with Crippen LogP contribution in [0, 0.1) is 11.8 Å². The zero-order chi connectivity index (χ0) is 18.7. The molecule has 6 nitrogen and oxygen atoms in total. The molecular weight excluding hydrogens is 338 g/mol. The minimum absolute atomic E-state index is 0.431. The molecule has 1 aliphatic heterocycles. The molecule has 148 valence electrons. The van der Waals surface area contributed by atoms with Crippen LogP contribution in [0.1, 0.15) is 63.4 Å². The summed E-state index contributed by atoms with van der Waals surface area (Å²) < 4.78 is 0. The van der Waals surface area contributed by atoms with Crippen molar-refractivity contribution >= 4 is 17.9 Å². The maximum absolute atomic E-state index is 10.6. The first kappa shape index (κ1) is 18.6. The molecule has 2 aliphatic carbocycles. The van der Waals surface area contributed by atoms with Gasteiger partial charge in [0.05, 0.1) is 17.6 Å². The number of hydrogen-bond acceptors (Lipinski definition) is 5. The number of H-pyrrole nitrogens is 1. The Balaban J connectivity index is 1.27. The van der Waals surface area contributed by atoms with Crippen molar-refractivity contribution in [1.82, 2.24) is 15.6 Å². The van der Waals surface area contributed by atoms with Gasteiger partial charge in [-0.2, -0.15) is 0 Å². The largest absolute Gasteiger partial charge is 0.400 e. The highest BCUT2D eigenvalue weighted by molar-refractivity contribution is 5.87. The van der Waals surface area contributed by atoms with E-state index in [2.05, 4.69) is 20.6 Å². The lowest BCUT2D eigenvalue weighted by Crippen LogP contribution is -2.43. The van der Waals surface area contributed by atoms with Gasteiger partial charge in [-0.1, -0.05) is 19.3 Å². The van der Waals surface area contributed by atoms with Crippen molar-refractivity contribution in [3.63, 3.8) is 0 Å². The van der Waals surface area contributed by atoms with Crippen LogP contribution in [0.2, 0.25) is 0 Å². The zero-order valence-corrected chi connectivity index (χ0v) is 16.1. The van der Waals surface area contributed by atoms with Gasteiger partial charge in [0.15, 0.2) is 0 Å². The van der Waals surface area contributed by atoms with Gasteiger partial charge in [-0.05, 0) is 57.1 Å². The Morgan fingerprint density at radius 2 is 2.00 bits per heavy atom. The Bertz CT molecular complexity index is 693. The van der Waals surface area contributed by atoms with Crippen molar-refractivity contribution in [3.8, 4) is 0 Å². The van der Waals surface area contributed by atoms with Crippen LogP contribution in [0.3, 0.4) is 0 Å². The first-order chi connectivity index (χ1) is 13.1. The van der Waals surface area contributed by atoms with E-state index in [0.29, 0.717) is 11.8 Å². The van der Waals surface area contributed by atoms with Crippen molar-refractivity contribution in [2.24, 2.45) is 22.6 Å². The SMILES string of the molecule is N/C(=C1\NC=Nc2[nH]ccc21)C1CCC(CNCC2(O)CCCCC2)CC1. The molecular formula is C21H33N5O. The fourth-order valence-electron chi connectivity index (χ4n) is 4.92. The number of nitrogens with zero attached hydrogens (tertiary/aromatic N) is 1. The molecule has 2 fully saturated rings. The van der Waals surface area contributed by atoms with Crippen LogP contribution < -0.4 is 16.4 Å². The second kappa shape index (κ2) is 8.07. The minimum Gasteiger partial charge on any atom is -0.400 e. The van der Waals surface area contributed by atoms with E-state index >= 15 is 0 Å². The summed E-state index contributed by atoms with van der Waals surface area (Å²) in [5.74, 6) is 2.00. The molecule has 6 N–H and O–H groups in total. The Labute approximate surface area is 161 Å². The van der Waals surface area contributed by atoms with E-state index in [4.69, 9.17) is 5.73 Å². The Hall–Kier alpha value is -1.79. The highest BCUT2D eigenvalue weighted by atomic mass is 16.3. The summed E-state index contributed by atoms with van der Waals surface area (Å²) in [6.45, 7) is 1.76. The van der Waals surface area contributed by atoms with Crippen LogP contribution in [0.5, 0.6) is 0 Å². The second-order valence-corrected chi connectivity index (χ2v) is 8.61. The number of hydrogen-bond donors (Lipinski definition) is 5. The number of nitrogens with two attached hydrogens (primary N) is 1. The maximum Gasteiger partial charge on any atom is 0.141 e. The summed E-state index contributed by atoms with van der Waals surface area (Å²) in [5, 5.41) is 17.4. The number of fused-ring (bicyclic) bond motifs is 1. The van der Waals surface area contributed by atoms with Crippen LogP contribution in [0.15, 0.2) is 23.0 Å². The molecule has 0 radical (unpaired) electrons. The molecule has 0 unspecified atom stereocenters. The average Bonchev–Trinajstić information content (AvgIpc) is 3.17. The normalized spacial score (nSPS) is 29.1. The van der Waals surface area contributed by atoms with Gasteiger partial charge < -0.3 is 26.5 Å². The third-order valence-corrected chi connectivity index (χ3v) is 6.64. The fraction of sp³-hybridized carbons (Fsp3) is 0.667. The molecule has 0 atom stereocenters. The van der Waals surface area contributed by atoms with Gasteiger partial charge in [0.1, 0.15) is 5.82 Å². The molecule has 0 aromatic carbocycles. The van der Waals surface area contributed by atoms with Crippen LogP contribution >= 0.6 is 0 Å². The number of rotatable bonds is 5. The predicted octanol–water partition coefficient (Wildman–Crippen LogP) is 3.00. The van der Waals surface area contributed by atoms with E-state index in [-0.39, 0.29) is 0 Å². The first-order valence-electron chi connectivity index (χ1n) is 10.5. The minimum atomic E-state index is -0.466. The number of aliphatic hydroxyl groups is 1. The van der Waals surface area contributed by atoms with Gasteiger partial charge in [-0.25, -0.2) is 4.99 Å². The summed E-state index contributed by atoms with van der Waals surface area (Å²) in [6, 6.07) is 2.03. The van der Waals surface area contributed by atoms with Crippen LogP contribution in [0.25, 0.3) is 5.70 Å². The highest BCUT2D eigenvalue weighted by Crippen LogP contribution is 2.36. The van der Waals surface area contributed by atoms with Gasteiger partial charge >= 0.3 is 0 Å². The number of aromatic nitrogens is 1. The monoisotopic (exact) mass is 371 g/mol. The van der Waals surface area contributed by atoms with Crippen molar-refractivity contribution in [1.29, 1.82) is 0 Å². The molecule has 0 amide bonds. The summed E-state index contributed by atoms with van der Waals surface area (Å²) in [4.78, 5) is 7.46. The van der Waals surface area contributed by atoms with Crippen molar-refractivity contribution < 1.29 is 5.11 Å². The first-order valence-corrected chi connectivity index (χ1v) is 10.5. The number of nitrogens with one attached hydrogen (secondary N) is 3. The predicted molar refractivity (Wildman–Crippen MR) is 110 cm³/mol. The number of allylic oxidation sites excluding steroid dienone is 1. The Morgan fingerprint density at radius 3 is 2.78 bits per heavy atom. The third-order valence-electron chi connectivity index (χ3n) is 6.64. The van der Waals surface area contributed by atoms with Crippen molar-refractivity contribution in [2.45, 2.75) is 63.4 Å². The lowest BCUT2D eigenvalue weighted by molar-refractivity contribution is 0.00395. The highest BCUT2D eigenvalue weighted by Gasteiger charge is 2.30. The van der Waals surface area contributed by atoms with Crippen molar-refractivity contribution in [2.75, 3.05) is 13.1 Å². The molecule has 2 saturated carbocycles. The smallest absolute Gasteiger partial charge is 0.141 e. The third kappa shape index (κ3) is 4.22. The molecule has 27 heavy (non-hydrogen) atoms. The average molecular weight is 372 g/mol. The van der Waals surface area contributed by atoms with Crippen LogP contribution in [-0.2, 0) is 0 Å². The molecule has 4 rings (SSSR count). The summed E-state index contributed by atoms with van der Waals surface area (Å²) in [5.41, 5.74) is 9.13. The van der Waals surface area contributed by atoms with Gasteiger partial charge in [-0.15, -0.1) is 0 Å². The molecule has 0 spiro atoms. The zero-order valence-electron chi connectivity index (χ0n) is 16.1. The summed E-state index contributed by atoms with van der Waals surface area (Å²) in [7, 11) is 0. The molecule has 6 heteroatoms. The fourth-order valence-corrected chi connectivity index (χ4v) is 4.92. The van der Waals surface area contributed by atoms with E-state index in [1.54, 1.807) is 6.34 Å². The van der Waals surface area contributed by atoms with Crippen molar-refractivity contribution in [3.05, 3.63) is 23.5 Å². The summed E-state index contributed by atoms with van der Waals surface area (Å²) in [6.07, 6.45) is 13.8. The Morgan fingerprint density at radius 1 is 1.22 bits per heavy atom. The van der Waals surface area contributed by atoms with Gasteiger partial charge in [0, 0.05) is 29.9 Å². The lowest BCUT2D eigenvalue weighted by atomic mass is 9.79. The topological polar surface area (TPSA) is 98.5 Å². The van der Waals surface area contributed by atoms with Gasteiger partial charge in [0.25, 0.3) is 0 Å². The van der Waals surface area contributed by atoms with Gasteiger partial charge in [0.2, 0.25) is 0 Å². The van der Waals surface area contributed by atoms with E-state index < -0.39 is 5.60 Å². The standard InChI is InChI=1S/C21H33N5O/c22-18(19-17-8-11-24-20(17)26-14-25-19)16-6-4-15(5-7-16)12-23-13-21(27)9-2-1-3-10-21/h8,11,14-16,23-24,27H,1-7,9-10,12-13,22H2,(H,25,26)/b19-18-. The maximum atomic E-state index is 10.6. The quantitative estimate of drug-likeness (QED) is 0.549. The van der Waals surface area contributed by atoms with Gasteiger partial charge in [-0.3, -0.25) is 0 Å². The van der Waals surface area contributed by atoms with Crippen LogP contribution in [-0.4, -0.2) is 35.1 Å². The number of aliphatic imine (C=N–C) groups is 1. The number of aromatic amines is 1. The molecule has 2 heterocycles. The second-order valence-electron chi connectivity index (χ2n) is 8.61. The molecule has 1 aromatic heterocycles. The molecule has 0 saturated heterocycles. The molecule has 0 bridgehead atoms. The van der Waals surface area contributed by atoms with E-state index in [0.717, 1.165) is 61.5 Å². The molecule has 1 aromatic rings. The van der Waals surface area contributed by atoms with Crippen LogP contribution in [0.4, 0.5) is 5.82 Å². The van der Waals surface area contributed by atoms with E-state index in [1.165, 1.54) is 32.1 Å². The Kier molecular flexibility index (Phi) is 5.55. The summed E-state index contributed by atoms with van der Waals surface area (Å²) >= 11 is 0. The lowest BCUT2D eigenvalue weighted by Gasteiger charge is -2.34. The molecule has 3 aliphatic rings. The van der Waals surface area contributed by atoms with E-state index in [1.807, 2.05) is 12.3 Å².